The number of halogens is 1. The van der Waals surface area contributed by atoms with Crippen molar-refractivity contribution in [3.05, 3.63) is 90.3 Å². The van der Waals surface area contributed by atoms with Crippen molar-refractivity contribution < 1.29 is 22.1 Å². The third kappa shape index (κ3) is 6.42. The minimum atomic E-state index is -3.94. The molecule has 4 rings (SSSR count). The minimum Gasteiger partial charge on any atom is -0.337 e. The summed E-state index contributed by atoms with van der Waals surface area (Å²) in [5, 5.41) is 6.58. The first-order valence-corrected chi connectivity index (χ1v) is 13.3. The van der Waals surface area contributed by atoms with Gasteiger partial charge >= 0.3 is 0 Å². The van der Waals surface area contributed by atoms with Gasteiger partial charge in [-0.1, -0.05) is 41.6 Å². The zero-order valence-electron chi connectivity index (χ0n) is 20.9. The van der Waals surface area contributed by atoms with Crippen molar-refractivity contribution in [2.45, 2.75) is 31.2 Å². The van der Waals surface area contributed by atoms with Crippen LogP contribution in [0, 0.1) is 5.41 Å². The van der Waals surface area contributed by atoms with Crippen molar-refractivity contribution in [1.29, 1.82) is 0 Å². The molecule has 4 aromatic rings. The summed E-state index contributed by atoms with van der Waals surface area (Å²) in [5.74, 6) is 0.0606. The maximum Gasteiger partial charge on any atom is 0.261 e. The Morgan fingerprint density at radius 3 is 2.39 bits per heavy atom. The highest BCUT2D eigenvalue weighted by atomic mass is 32.2. The Morgan fingerprint density at radius 1 is 1.03 bits per heavy atom. The molecule has 198 valence electrons. The Kier molecular flexibility index (Phi) is 7.88. The molecule has 11 heteroatoms. The Bertz CT molecular complexity index is 1510. The summed E-state index contributed by atoms with van der Waals surface area (Å²) in [5.41, 5.74) is 7.19. The lowest BCUT2D eigenvalue weighted by atomic mass is 9.94. The van der Waals surface area contributed by atoms with Crippen LogP contribution in [0.5, 0.6) is 0 Å². The van der Waals surface area contributed by atoms with Gasteiger partial charge in [-0.05, 0) is 68.3 Å². The van der Waals surface area contributed by atoms with Crippen LogP contribution in [0.15, 0.2) is 88.3 Å². The van der Waals surface area contributed by atoms with Crippen LogP contribution >= 0.6 is 0 Å². The third-order valence-electron chi connectivity index (χ3n) is 5.80. The number of aromatic nitrogens is 2. The van der Waals surface area contributed by atoms with Crippen LogP contribution < -0.4 is 15.8 Å². The molecule has 0 aliphatic carbocycles. The number of nitrogens with one attached hydrogen (secondary N) is 2. The van der Waals surface area contributed by atoms with Gasteiger partial charge in [-0.15, -0.1) is 0 Å². The Morgan fingerprint density at radius 2 is 1.71 bits per heavy atom. The second kappa shape index (κ2) is 11.1. The summed E-state index contributed by atoms with van der Waals surface area (Å²) in [6, 6.07) is 21.4. The second-order valence-electron chi connectivity index (χ2n) is 9.43. The summed E-state index contributed by atoms with van der Waals surface area (Å²) in [4.78, 5) is 16.6. The maximum atomic E-state index is 13.1. The van der Waals surface area contributed by atoms with Gasteiger partial charge in [-0.25, -0.2) is 12.8 Å². The van der Waals surface area contributed by atoms with Crippen molar-refractivity contribution in [2.24, 2.45) is 11.1 Å². The van der Waals surface area contributed by atoms with Crippen molar-refractivity contribution >= 4 is 27.3 Å². The minimum absolute atomic E-state index is 0.0127. The predicted octanol–water partition coefficient (Wildman–Crippen LogP) is 4.71. The predicted molar refractivity (Wildman–Crippen MR) is 142 cm³/mol. The van der Waals surface area contributed by atoms with E-state index in [0.717, 1.165) is 5.56 Å². The molecule has 1 aromatic heterocycles. The summed E-state index contributed by atoms with van der Waals surface area (Å²) in [6.07, 6.45) is 0.532. The molecule has 38 heavy (non-hydrogen) atoms. The number of carbonyl (C=O) groups excluding carboxylic acids is 1. The van der Waals surface area contributed by atoms with Gasteiger partial charge in [0.2, 0.25) is 17.6 Å². The van der Waals surface area contributed by atoms with Gasteiger partial charge in [0.25, 0.3) is 10.0 Å². The lowest BCUT2D eigenvalue weighted by Gasteiger charge is -2.19. The smallest absolute Gasteiger partial charge is 0.261 e. The van der Waals surface area contributed by atoms with E-state index in [4.69, 9.17) is 10.3 Å². The quantitative estimate of drug-likeness (QED) is 0.266. The van der Waals surface area contributed by atoms with E-state index >= 15 is 0 Å². The number of anilines is 2. The van der Waals surface area contributed by atoms with Crippen LogP contribution in [0.1, 0.15) is 31.3 Å². The number of hydrogen-bond donors (Lipinski definition) is 3. The Balaban J connectivity index is 1.44. The highest BCUT2D eigenvalue weighted by molar-refractivity contribution is 7.92. The second-order valence-corrected chi connectivity index (χ2v) is 11.1. The monoisotopic (exact) mass is 537 g/mol. The lowest BCUT2D eigenvalue weighted by Crippen LogP contribution is -2.32. The number of rotatable bonds is 10. The summed E-state index contributed by atoms with van der Waals surface area (Å²) < 4.78 is 46.8. The van der Waals surface area contributed by atoms with E-state index in [1.807, 2.05) is 30.3 Å². The summed E-state index contributed by atoms with van der Waals surface area (Å²) >= 11 is 0. The molecule has 3 aromatic carbocycles. The molecule has 0 spiro atoms. The van der Waals surface area contributed by atoms with Gasteiger partial charge in [-0.3, -0.25) is 9.52 Å². The van der Waals surface area contributed by atoms with Crippen LogP contribution in [0.25, 0.3) is 11.4 Å². The first kappa shape index (κ1) is 27.0. The SMILES string of the molecule is CC(C)(CF)C(=O)Nc1cccc(NS(=O)(=O)c2ccc(-c3noc(C(N)Cc4ccccc4)n3)cc2)c1. The molecule has 0 fully saturated rings. The van der Waals surface area contributed by atoms with Gasteiger partial charge in [-0.2, -0.15) is 4.98 Å². The highest BCUT2D eigenvalue weighted by Crippen LogP contribution is 2.25. The van der Waals surface area contributed by atoms with Crippen molar-refractivity contribution in [3.8, 4) is 11.4 Å². The molecule has 9 nitrogen and oxygen atoms in total. The standard InChI is InChI=1S/C27H28FN5O4S/c1-27(2,17-28)26(34)30-20-9-6-10-21(16-20)33-38(35,36)22-13-11-19(12-14-22)24-31-25(37-32-24)23(29)15-18-7-4-3-5-8-18/h3-14,16,23,33H,15,17,29H2,1-2H3,(H,30,34). The molecule has 0 aliphatic heterocycles. The molecule has 1 atom stereocenters. The van der Waals surface area contributed by atoms with E-state index in [0.29, 0.717) is 23.5 Å². The maximum absolute atomic E-state index is 13.1. The number of amides is 1. The van der Waals surface area contributed by atoms with E-state index in [9.17, 15) is 17.6 Å². The number of alkyl halides is 1. The fourth-order valence-corrected chi connectivity index (χ4v) is 4.53. The lowest BCUT2D eigenvalue weighted by molar-refractivity contribution is -0.124. The van der Waals surface area contributed by atoms with E-state index in [1.165, 1.54) is 32.0 Å². The molecule has 0 aliphatic rings. The van der Waals surface area contributed by atoms with Crippen molar-refractivity contribution in [3.63, 3.8) is 0 Å². The van der Waals surface area contributed by atoms with Crippen LogP contribution in [0.3, 0.4) is 0 Å². The fourth-order valence-electron chi connectivity index (χ4n) is 3.48. The zero-order valence-corrected chi connectivity index (χ0v) is 21.7. The molecular weight excluding hydrogens is 509 g/mol. The Hall–Kier alpha value is -4.09. The largest absolute Gasteiger partial charge is 0.337 e. The van der Waals surface area contributed by atoms with Gasteiger partial charge in [0, 0.05) is 11.3 Å². The Labute approximate surface area is 220 Å². The number of benzene rings is 3. The zero-order chi connectivity index (χ0) is 27.3. The van der Waals surface area contributed by atoms with Crippen LogP contribution in [-0.2, 0) is 21.2 Å². The van der Waals surface area contributed by atoms with Gasteiger partial charge in [0.05, 0.1) is 22.0 Å². The molecule has 4 N–H and O–H groups in total. The molecule has 1 unspecified atom stereocenters. The molecular formula is C27H28FN5O4S. The van der Waals surface area contributed by atoms with Crippen LogP contribution in [-0.4, -0.2) is 31.1 Å². The van der Waals surface area contributed by atoms with Crippen molar-refractivity contribution in [1.82, 2.24) is 10.1 Å². The number of carbonyl (C=O) groups is 1. The van der Waals surface area contributed by atoms with E-state index in [-0.39, 0.29) is 16.5 Å². The summed E-state index contributed by atoms with van der Waals surface area (Å²) in [6.45, 7) is 2.13. The molecule has 0 bridgehead atoms. The van der Waals surface area contributed by atoms with Crippen LogP contribution in [0.2, 0.25) is 0 Å². The average Bonchev–Trinajstić information content (AvgIpc) is 3.40. The van der Waals surface area contributed by atoms with E-state index < -0.39 is 34.1 Å². The number of sulfonamides is 1. The van der Waals surface area contributed by atoms with Crippen LogP contribution in [0.4, 0.5) is 15.8 Å². The number of nitrogens with zero attached hydrogens (tertiary/aromatic N) is 2. The molecule has 1 heterocycles. The fraction of sp³-hybridized carbons (Fsp3) is 0.222. The normalized spacial score (nSPS) is 12.6. The third-order valence-corrected chi connectivity index (χ3v) is 7.20. The van der Waals surface area contributed by atoms with E-state index in [2.05, 4.69) is 20.2 Å². The van der Waals surface area contributed by atoms with Crippen molar-refractivity contribution in [2.75, 3.05) is 16.7 Å². The molecule has 1 amide bonds. The number of hydrogen-bond acceptors (Lipinski definition) is 7. The average molecular weight is 538 g/mol. The first-order valence-electron chi connectivity index (χ1n) is 11.8. The highest BCUT2D eigenvalue weighted by Gasteiger charge is 2.27. The summed E-state index contributed by atoms with van der Waals surface area (Å²) in [7, 11) is -3.94. The molecule has 0 saturated heterocycles. The van der Waals surface area contributed by atoms with Gasteiger partial charge in [0.15, 0.2) is 0 Å². The molecule has 0 saturated carbocycles. The topological polar surface area (TPSA) is 140 Å². The van der Waals surface area contributed by atoms with Gasteiger partial charge in [0.1, 0.15) is 6.67 Å². The molecule has 0 radical (unpaired) electrons. The first-order chi connectivity index (χ1) is 18.1. The number of nitrogens with two attached hydrogens (primary N) is 1. The van der Waals surface area contributed by atoms with E-state index in [1.54, 1.807) is 30.3 Å². The van der Waals surface area contributed by atoms with Gasteiger partial charge < -0.3 is 15.6 Å².